The van der Waals surface area contributed by atoms with Crippen LogP contribution in [0.25, 0.3) is 110 Å². The Balaban J connectivity index is 1.17. The van der Waals surface area contributed by atoms with E-state index in [4.69, 9.17) is 0 Å². The molecule has 0 aromatic heterocycles. The van der Waals surface area contributed by atoms with E-state index in [1.54, 1.807) is 0 Å². The van der Waals surface area contributed by atoms with Gasteiger partial charge in [-0.15, -0.1) is 0 Å². The highest BCUT2D eigenvalue weighted by Crippen LogP contribution is 2.46. The van der Waals surface area contributed by atoms with E-state index < -0.39 is 0 Å². The van der Waals surface area contributed by atoms with Crippen LogP contribution in [0.4, 0.5) is 0 Å². The Labute approximate surface area is 339 Å². The molecule has 58 heavy (non-hydrogen) atoms. The van der Waals surface area contributed by atoms with Crippen molar-refractivity contribution in [2.75, 3.05) is 0 Å². The van der Waals surface area contributed by atoms with E-state index in [9.17, 15) is 0 Å². The molecule has 0 spiro atoms. The minimum Gasteiger partial charge on any atom is -0.0622 e. The lowest BCUT2D eigenvalue weighted by atomic mass is 9.84. The summed E-state index contributed by atoms with van der Waals surface area (Å²) in [4.78, 5) is 0. The fourth-order valence-electron chi connectivity index (χ4n) is 9.05. The highest BCUT2D eigenvalue weighted by molar-refractivity contribution is 6.22. The van der Waals surface area contributed by atoms with Gasteiger partial charge in [0.25, 0.3) is 0 Å². The van der Waals surface area contributed by atoms with E-state index in [1.807, 2.05) is 0 Å². The van der Waals surface area contributed by atoms with Crippen molar-refractivity contribution in [2.45, 2.75) is 0 Å². The zero-order valence-corrected chi connectivity index (χ0v) is 31.9. The van der Waals surface area contributed by atoms with Crippen molar-refractivity contribution in [1.82, 2.24) is 0 Å². The standard InChI is InChI=1S/C58H38/c1-2-15-39(16-3-1)43-21-12-22-44(33-43)48-36-49(45-23-13-24-46(34-45)52-30-14-20-41-18-6-7-25-51(41)52)38-50(37-48)58-55-28-10-8-26-53(55)57(54-27-9-11-29-56(54)58)47-32-31-40-17-4-5-19-42(40)35-47/h1-38H. The Morgan fingerprint density at radius 2 is 0.586 bits per heavy atom. The molecule has 0 fully saturated rings. The van der Waals surface area contributed by atoms with E-state index in [2.05, 4.69) is 231 Å². The van der Waals surface area contributed by atoms with Gasteiger partial charge in [0.15, 0.2) is 0 Å². The Morgan fingerprint density at radius 3 is 1.24 bits per heavy atom. The van der Waals surface area contributed by atoms with Crippen LogP contribution in [0.5, 0.6) is 0 Å². The fraction of sp³-hybridized carbons (Fsp3) is 0. The first-order valence-corrected chi connectivity index (χ1v) is 20.1. The summed E-state index contributed by atoms with van der Waals surface area (Å²) in [6.07, 6.45) is 0. The molecule has 0 N–H and O–H groups in total. The van der Waals surface area contributed by atoms with E-state index in [0.717, 1.165) is 0 Å². The fourth-order valence-corrected chi connectivity index (χ4v) is 9.05. The monoisotopic (exact) mass is 734 g/mol. The van der Waals surface area contributed by atoms with Crippen molar-refractivity contribution in [1.29, 1.82) is 0 Å². The zero-order valence-electron chi connectivity index (χ0n) is 31.9. The molecule has 0 aliphatic heterocycles. The Hall–Kier alpha value is -7.54. The first-order chi connectivity index (χ1) is 28.7. The lowest BCUT2D eigenvalue weighted by Gasteiger charge is -2.19. The molecule has 0 unspecified atom stereocenters. The van der Waals surface area contributed by atoms with Gasteiger partial charge in [-0.1, -0.05) is 194 Å². The molecule has 0 nitrogen and oxygen atoms in total. The minimum atomic E-state index is 1.19. The minimum absolute atomic E-state index is 1.19. The van der Waals surface area contributed by atoms with Crippen LogP contribution in [0, 0.1) is 0 Å². The molecule has 0 amide bonds. The van der Waals surface area contributed by atoms with Gasteiger partial charge in [-0.05, 0) is 146 Å². The van der Waals surface area contributed by atoms with Crippen LogP contribution in [0.2, 0.25) is 0 Å². The molecule has 0 saturated carbocycles. The second kappa shape index (κ2) is 14.2. The Kier molecular flexibility index (Phi) is 8.26. The van der Waals surface area contributed by atoms with Crippen molar-refractivity contribution in [3.05, 3.63) is 231 Å². The summed E-state index contributed by atoms with van der Waals surface area (Å²) < 4.78 is 0. The maximum atomic E-state index is 2.41. The average molecular weight is 735 g/mol. The third kappa shape index (κ3) is 5.95. The van der Waals surface area contributed by atoms with E-state index in [1.165, 1.54) is 110 Å². The number of hydrogen-bond donors (Lipinski definition) is 0. The molecule has 0 radical (unpaired) electrons. The van der Waals surface area contributed by atoms with Crippen LogP contribution in [0.1, 0.15) is 0 Å². The molecule has 11 aromatic carbocycles. The Morgan fingerprint density at radius 1 is 0.172 bits per heavy atom. The maximum absolute atomic E-state index is 2.41. The Bertz CT molecular complexity index is 3270. The van der Waals surface area contributed by atoms with E-state index >= 15 is 0 Å². The van der Waals surface area contributed by atoms with Gasteiger partial charge >= 0.3 is 0 Å². The van der Waals surface area contributed by atoms with Crippen LogP contribution in [-0.4, -0.2) is 0 Å². The molecular weight excluding hydrogens is 697 g/mol. The quantitative estimate of drug-likeness (QED) is 0.149. The molecule has 0 atom stereocenters. The lowest BCUT2D eigenvalue weighted by Crippen LogP contribution is -1.93. The van der Waals surface area contributed by atoms with Gasteiger partial charge in [-0.3, -0.25) is 0 Å². The predicted molar refractivity (Wildman–Crippen MR) is 249 cm³/mol. The molecule has 0 bridgehead atoms. The van der Waals surface area contributed by atoms with Crippen LogP contribution in [0.3, 0.4) is 0 Å². The van der Waals surface area contributed by atoms with Gasteiger partial charge in [0, 0.05) is 0 Å². The van der Waals surface area contributed by atoms with Crippen molar-refractivity contribution in [3.8, 4) is 66.8 Å². The molecular formula is C58H38. The van der Waals surface area contributed by atoms with Gasteiger partial charge in [0.1, 0.15) is 0 Å². The van der Waals surface area contributed by atoms with Crippen LogP contribution >= 0.6 is 0 Å². The summed E-state index contributed by atoms with van der Waals surface area (Å²) in [7, 11) is 0. The third-order valence-electron chi connectivity index (χ3n) is 11.8. The topological polar surface area (TPSA) is 0 Å². The summed E-state index contributed by atoms with van der Waals surface area (Å²) in [6, 6.07) is 84.7. The summed E-state index contributed by atoms with van der Waals surface area (Å²) in [5.74, 6) is 0. The SMILES string of the molecule is c1ccc(-c2cccc(-c3cc(-c4cccc(-c5cccc6ccccc56)c4)cc(-c4c5ccccc5c(-c5ccc6ccccc6c5)c5ccccc45)c3)c2)cc1. The van der Waals surface area contributed by atoms with Gasteiger partial charge in [-0.25, -0.2) is 0 Å². The molecule has 0 heteroatoms. The third-order valence-corrected chi connectivity index (χ3v) is 11.8. The van der Waals surface area contributed by atoms with Crippen molar-refractivity contribution in [2.24, 2.45) is 0 Å². The molecule has 11 rings (SSSR count). The number of rotatable bonds is 6. The molecule has 0 heterocycles. The van der Waals surface area contributed by atoms with Gasteiger partial charge in [0.05, 0.1) is 0 Å². The molecule has 0 aliphatic carbocycles. The summed E-state index contributed by atoms with van der Waals surface area (Å²) in [5.41, 5.74) is 14.6. The summed E-state index contributed by atoms with van der Waals surface area (Å²) in [6.45, 7) is 0. The normalized spacial score (nSPS) is 11.4. The lowest BCUT2D eigenvalue weighted by molar-refractivity contribution is 1.56. The van der Waals surface area contributed by atoms with E-state index in [-0.39, 0.29) is 0 Å². The summed E-state index contributed by atoms with van der Waals surface area (Å²) >= 11 is 0. The van der Waals surface area contributed by atoms with Crippen molar-refractivity contribution < 1.29 is 0 Å². The van der Waals surface area contributed by atoms with Gasteiger partial charge in [0.2, 0.25) is 0 Å². The second-order valence-electron chi connectivity index (χ2n) is 15.3. The number of fused-ring (bicyclic) bond motifs is 4. The van der Waals surface area contributed by atoms with Crippen LogP contribution < -0.4 is 0 Å². The first kappa shape index (κ1) is 33.8. The van der Waals surface area contributed by atoms with E-state index in [0.29, 0.717) is 0 Å². The van der Waals surface area contributed by atoms with Crippen LogP contribution in [-0.2, 0) is 0 Å². The molecule has 11 aromatic rings. The summed E-state index contributed by atoms with van der Waals surface area (Å²) in [5, 5.41) is 10.0. The molecule has 270 valence electrons. The molecule has 0 aliphatic rings. The highest BCUT2D eigenvalue weighted by atomic mass is 14.2. The second-order valence-corrected chi connectivity index (χ2v) is 15.3. The maximum Gasteiger partial charge on any atom is -0.00259 e. The molecule has 0 saturated heterocycles. The number of benzene rings is 11. The highest BCUT2D eigenvalue weighted by Gasteiger charge is 2.19. The van der Waals surface area contributed by atoms with Crippen molar-refractivity contribution >= 4 is 43.1 Å². The largest absolute Gasteiger partial charge is 0.0622 e. The van der Waals surface area contributed by atoms with Crippen LogP contribution in [0.15, 0.2) is 231 Å². The first-order valence-electron chi connectivity index (χ1n) is 20.1. The zero-order chi connectivity index (χ0) is 38.4. The average Bonchev–Trinajstić information content (AvgIpc) is 3.30. The number of hydrogen-bond acceptors (Lipinski definition) is 0. The van der Waals surface area contributed by atoms with Gasteiger partial charge in [-0.2, -0.15) is 0 Å². The van der Waals surface area contributed by atoms with Crippen molar-refractivity contribution in [3.63, 3.8) is 0 Å². The smallest absolute Gasteiger partial charge is 0.00259 e. The van der Waals surface area contributed by atoms with Gasteiger partial charge < -0.3 is 0 Å². The predicted octanol–water partition coefficient (Wildman–Crippen LogP) is 16.3.